The van der Waals surface area contributed by atoms with Crippen LogP contribution >= 0.6 is 0 Å². The maximum Gasteiger partial charge on any atom is 0.405 e. The van der Waals surface area contributed by atoms with Gasteiger partial charge in [0.1, 0.15) is 6.54 Å². The first-order valence-electron chi connectivity index (χ1n) is 4.49. The summed E-state index contributed by atoms with van der Waals surface area (Å²) in [7, 11) is 0. The normalized spacial score (nSPS) is 11.5. The van der Waals surface area contributed by atoms with E-state index in [-0.39, 0.29) is 18.7 Å². The molecule has 1 N–H and O–H groups in total. The van der Waals surface area contributed by atoms with Gasteiger partial charge in [-0.05, 0) is 6.92 Å². The molecule has 0 saturated carbocycles. The summed E-state index contributed by atoms with van der Waals surface area (Å²) in [5, 5.41) is 5.23. The highest BCUT2D eigenvalue weighted by atomic mass is 19.4. The third kappa shape index (κ3) is 4.76. The number of alkyl halides is 3. The van der Waals surface area contributed by atoms with E-state index in [0.717, 1.165) is 0 Å². The van der Waals surface area contributed by atoms with Crippen molar-refractivity contribution in [1.82, 2.24) is 15.5 Å². The van der Waals surface area contributed by atoms with Gasteiger partial charge in [-0.2, -0.15) is 18.2 Å². The van der Waals surface area contributed by atoms with Gasteiger partial charge >= 0.3 is 6.18 Å². The second-order valence-corrected chi connectivity index (χ2v) is 3.13. The molecule has 0 saturated heterocycles. The van der Waals surface area contributed by atoms with Gasteiger partial charge in [0.2, 0.25) is 11.8 Å². The van der Waals surface area contributed by atoms with E-state index < -0.39 is 18.6 Å². The third-order valence-electron chi connectivity index (χ3n) is 1.62. The fourth-order valence-corrected chi connectivity index (χ4v) is 0.949. The fraction of sp³-hybridized carbons (Fsp3) is 0.625. The standard InChI is InChI=1S/C8H10F3N3O2/c1-5-13-7(16-14-5)3-2-6(15)12-4-8(9,10)11/h2-4H2,1H3,(H,12,15). The molecule has 8 heteroatoms. The van der Waals surface area contributed by atoms with Crippen molar-refractivity contribution in [3.63, 3.8) is 0 Å². The highest BCUT2D eigenvalue weighted by Crippen LogP contribution is 2.12. The number of nitrogens with one attached hydrogen (secondary N) is 1. The minimum Gasteiger partial charge on any atom is -0.347 e. The Bertz CT molecular complexity index is 362. The summed E-state index contributed by atoms with van der Waals surface area (Å²) in [4.78, 5) is 14.8. The number of aryl methyl sites for hydroxylation is 2. The van der Waals surface area contributed by atoms with Gasteiger partial charge in [0.15, 0.2) is 5.82 Å². The Kier molecular flexibility index (Phi) is 3.86. The van der Waals surface area contributed by atoms with Crippen LogP contribution in [0.4, 0.5) is 13.2 Å². The molecule has 0 radical (unpaired) electrons. The van der Waals surface area contributed by atoms with Crippen molar-refractivity contribution in [3.8, 4) is 0 Å². The SMILES string of the molecule is Cc1noc(CCC(=O)NCC(F)(F)F)n1. The lowest BCUT2D eigenvalue weighted by molar-refractivity contribution is -0.138. The topological polar surface area (TPSA) is 68.0 Å². The Morgan fingerprint density at radius 1 is 1.50 bits per heavy atom. The molecule has 0 aliphatic heterocycles. The van der Waals surface area contributed by atoms with Crippen molar-refractivity contribution in [2.45, 2.75) is 25.9 Å². The smallest absolute Gasteiger partial charge is 0.347 e. The Hall–Kier alpha value is -1.60. The zero-order valence-electron chi connectivity index (χ0n) is 8.47. The van der Waals surface area contributed by atoms with Gasteiger partial charge in [0, 0.05) is 12.8 Å². The molecular formula is C8H10F3N3O2. The van der Waals surface area contributed by atoms with E-state index >= 15 is 0 Å². The first kappa shape index (κ1) is 12.5. The van der Waals surface area contributed by atoms with Gasteiger partial charge < -0.3 is 9.84 Å². The van der Waals surface area contributed by atoms with Crippen molar-refractivity contribution < 1.29 is 22.5 Å². The fourth-order valence-electron chi connectivity index (χ4n) is 0.949. The van der Waals surface area contributed by atoms with Crippen LogP contribution in [0, 0.1) is 6.92 Å². The minimum atomic E-state index is -4.39. The first-order chi connectivity index (χ1) is 7.37. The van der Waals surface area contributed by atoms with Crippen LogP contribution in [0.15, 0.2) is 4.52 Å². The van der Waals surface area contributed by atoms with Crippen molar-refractivity contribution >= 4 is 5.91 Å². The molecule has 1 aromatic heterocycles. The molecule has 1 rings (SSSR count). The summed E-state index contributed by atoms with van der Waals surface area (Å²) in [6.45, 7) is 0.283. The van der Waals surface area contributed by atoms with Gasteiger partial charge in [-0.1, -0.05) is 5.16 Å². The van der Waals surface area contributed by atoms with E-state index in [1.54, 1.807) is 12.2 Å². The molecule has 0 fully saturated rings. The summed E-state index contributed by atoms with van der Waals surface area (Å²) >= 11 is 0. The van der Waals surface area contributed by atoms with E-state index in [4.69, 9.17) is 4.52 Å². The van der Waals surface area contributed by atoms with Crippen LogP contribution in [0.1, 0.15) is 18.1 Å². The second kappa shape index (κ2) is 4.95. The molecule has 1 aromatic rings. The van der Waals surface area contributed by atoms with Crippen LogP contribution in [0.25, 0.3) is 0 Å². The highest BCUT2D eigenvalue weighted by molar-refractivity contribution is 5.76. The van der Waals surface area contributed by atoms with Crippen molar-refractivity contribution in [3.05, 3.63) is 11.7 Å². The lowest BCUT2D eigenvalue weighted by Gasteiger charge is -2.07. The molecule has 0 atom stereocenters. The quantitative estimate of drug-likeness (QED) is 0.847. The average Bonchev–Trinajstić information content (AvgIpc) is 2.57. The number of carbonyl (C=O) groups excluding carboxylic acids is 1. The van der Waals surface area contributed by atoms with Crippen LogP contribution in [-0.2, 0) is 11.2 Å². The minimum absolute atomic E-state index is 0.113. The third-order valence-corrected chi connectivity index (χ3v) is 1.62. The van der Waals surface area contributed by atoms with E-state index in [9.17, 15) is 18.0 Å². The predicted molar refractivity (Wildman–Crippen MR) is 46.4 cm³/mol. The lowest BCUT2D eigenvalue weighted by Crippen LogP contribution is -2.33. The molecular weight excluding hydrogens is 227 g/mol. The molecule has 1 amide bonds. The molecule has 0 bridgehead atoms. The molecule has 0 aromatic carbocycles. The molecule has 90 valence electrons. The summed E-state index contributed by atoms with van der Waals surface area (Å²) in [6.07, 6.45) is -4.38. The number of halogens is 3. The molecule has 5 nitrogen and oxygen atoms in total. The number of hydrogen-bond donors (Lipinski definition) is 1. The predicted octanol–water partition coefficient (Wildman–Crippen LogP) is 0.989. The van der Waals surface area contributed by atoms with Gasteiger partial charge in [-0.25, -0.2) is 0 Å². The number of carbonyl (C=O) groups is 1. The first-order valence-corrected chi connectivity index (χ1v) is 4.49. The van der Waals surface area contributed by atoms with Gasteiger partial charge in [0.05, 0.1) is 0 Å². The van der Waals surface area contributed by atoms with Crippen LogP contribution in [0.5, 0.6) is 0 Å². The van der Waals surface area contributed by atoms with Crippen LogP contribution in [0.3, 0.4) is 0 Å². The van der Waals surface area contributed by atoms with Gasteiger partial charge in [-0.15, -0.1) is 0 Å². The molecule has 0 unspecified atom stereocenters. The summed E-state index contributed by atoms with van der Waals surface area (Å²) in [5.74, 6) is -0.0430. The Morgan fingerprint density at radius 2 is 2.19 bits per heavy atom. The number of amides is 1. The zero-order chi connectivity index (χ0) is 12.2. The van der Waals surface area contributed by atoms with Crippen LogP contribution in [0.2, 0.25) is 0 Å². The molecule has 1 heterocycles. The van der Waals surface area contributed by atoms with Gasteiger partial charge in [-0.3, -0.25) is 4.79 Å². The van der Waals surface area contributed by atoms with Crippen molar-refractivity contribution in [2.24, 2.45) is 0 Å². The Morgan fingerprint density at radius 3 is 2.69 bits per heavy atom. The van der Waals surface area contributed by atoms with Crippen molar-refractivity contribution in [1.29, 1.82) is 0 Å². The van der Waals surface area contributed by atoms with Crippen molar-refractivity contribution in [2.75, 3.05) is 6.54 Å². The number of aromatic nitrogens is 2. The van der Waals surface area contributed by atoms with E-state index in [2.05, 4.69) is 10.1 Å². The van der Waals surface area contributed by atoms with Gasteiger partial charge in [0.25, 0.3) is 0 Å². The summed E-state index contributed by atoms with van der Waals surface area (Å²) < 4.78 is 39.9. The summed E-state index contributed by atoms with van der Waals surface area (Å²) in [5.41, 5.74) is 0. The lowest BCUT2D eigenvalue weighted by atomic mass is 10.3. The van der Waals surface area contributed by atoms with E-state index in [0.29, 0.717) is 5.82 Å². The number of hydrogen-bond acceptors (Lipinski definition) is 4. The maximum absolute atomic E-state index is 11.7. The summed E-state index contributed by atoms with van der Waals surface area (Å²) in [6, 6.07) is 0. The van der Waals surface area contributed by atoms with E-state index in [1.807, 2.05) is 0 Å². The zero-order valence-corrected chi connectivity index (χ0v) is 8.47. The average molecular weight is 237 g/mol. The van der Waals surface area contributed by atoms with E-state index in [1.165, 1.54) is 0 Å². The molecule has 0 spiro atoms. The molecule has 0 aliphatic carbocycles. The molecule has 16 heavy (non-hydrogen) atoms. The Labute approximate surface area is 89.0 Å². The number of nitrogens with zero attached hydrogens (tertiary/aromatic N) is 2. The largest absolute Gasteiger partial charge is 0.405 e. The second-order valence-electron chi connectivity index (χ2n) is 3.13. The Balaban J connectivity index is 2.25. The number of rotatable bonds is 4. The highest BCUT2D eigenvalue weighted by Gasteiger charge is 2.27. The van der Waals surface area contributed by atoms with Crippen LogP contribution < -0.4 is 5.32 Å². The van der Waals surface area contributed by atoms with Crippen LogP contribution in [-0.4, -0.2) is 28.8 Å². The molecule has 0 aliphatic rings. The maximum atomic E-state index is 11.7. The monoisotopic (exact) mass is 237 g/mol.